The van der Waals surface area contributed by atoms with E-state index in [2.05, 4.69) is 51.3 Å². The molecule has 4 aromatic rings. The fourth-order valence-corrected chi connectivity index (χ4v) is 3.40. The topological polar surface area (TPSA) is 43.8 Å². The molecule has 0 fully saturated rings. The zero-order valence-electron chi connectivity index (χ0n) is 11.9. The molecule has 0 saturated heterocycles. The monoisotopic (exact) mass is 305 g/mol. The molecular weight excluding hydrogens is 290 g/mol. The van der Waals surface area contributed by atoms with E-state index in [1.165, 1.54) is 4.88 Å². The van der Waals surface area contributed by atoms with Crippen molar-refractivity contribution >= 4 is 22.4 Å². The third kappa shape index (κ3) is 2.22. The van der Waals surface area contributed by atoms with Crippen molar-refractivity contribution in [2.24, 2.45) is 5.73 Å². The summed E-state index contributed by atoms with van der Waals surface area (Å²) >= 11 is 1.68. The maximum atomic E-state index is 6.35. The fourth-order valence-electron chi connectivity index (χ4n) is 2.65. The van der Waals surface area contributed by atoms with Crippen LogP contribution in [-0.4, -0.2) is 9.55 Å². The molecule has 4 heteroatoms. The number of nitrogens with two attached hydrogens (primary N) is 1. The van der Waals surface area contributed by atoms with Crippen molar-refractivity contribution in [2.45, 2.75) is 6.04 Å². The first-order valence-electron chi connectivity index (χ1n) is 7.14. The first-order chi connectivity index (χ1) is 10.8. The van der Waals surface area contributed by atoms with Crippen LogP contribution in [-0.2, 0) is 0 Å². The standard InChI is InChI=1S/C18H15N3S/c19-18(17-7-4-10-22-17)13-8-9-16-15(11-13)20-12-21(16)14-5-2-1-3-6-14/h1-12,18H,19H2. The normalized spacial score (nSPS) is 12.6. The van der Waals surface area contributed by atoms with Crippen LogP contribution in [0.15, 0.2) is 72.4 Å². The highest BCUT2D eigenvalue weighted by Gasteiger charge is 2.12. The highest BCUT2D eigenvalue weighted by Crippen LogP contribution is 2.27. The first-order valence-corrected chi connectivity index (χ1v) is 8.02. The van der Waals surface area contributed by atoms with Crippen LogP contribution in [0.2, 0.25) is 0 Å². The Morgan fingerprint density at radius 2 is 1.86 bits per heavy atom. The molecule has 1 atom stereocenters. The van der Waals surface area contributed by atoms with E-state index in [9.17, 15) is 0 Å². The second kappa shape index (κ2) is 5.40. The Labute approximate surface area is 132 Å². The SMILES string of the molecule is NC(c1ccc2c(c1)ncn2-c1ccccc1)c1cccs1. The van der Waals surface area contributed by atoms with Crippen molar-refractivity contribution in [1.82, 2.24) is 9.55 Å². The number of nitrogens with zero attached hydrogens (tertiary/aromatic N) is 2. The molecule has 3 nitrogen and oxygen atoms in total. The zero-order valence-corrected chi connectivity index (χ0v) is 12.7. The fraction of sp³-hybridized carbons (Fsp3) is 0.0556. The van der Waals surface area contributed by atoms with Crippen LogP contribution in [0.4, 0.5) is 0 Å². The van der Waals surface area contributed by atoms with Crippen LogP contribution in [0.1, 0.15) is 16.5 Å². The lowest BCUT2D eigenvalue weighted by atomic mass is 10.1. The van der Waals surface area contributed by atoms with Crippen molar-refractivity contribution in [3.63, 3.8) is 0 Å². The molecular formula is C18H15N3S. The van der Waals surface area contributed by atoms with Gasteiger partial charge in [0.25, 0.3) is 0 Å². The number of thiophene rings is 1. The van der Waals surface area contributed by atoms with Gasteiger partial charge in [0.15, 0.2) is 0 Å². The summed E-state index contributed by atoms with van der Waals surface area (Å²) in [6.45, 7) is 0. The summed E-state index contributed by atoms with van der Waals surface area (Å²) in [6.07, 6.45) is 1.86. The third-order valence-corrected chi connectivity index (χ3v) is 4.77. The number of fused-ring (bicyclic) bond motifs is 1. The van der Waals surface area contributed by atoms with Gasteiger partial charge in [-0.1, -0.05) is 30.3 Å². The Kier molecular flexibility index (Phi) is 3.25. The molecule has 4 rings (SSSR count). The van der Waals surface area contributed by atoms with E-state index in [0.717, 1.165) is 22.3 Å². The van der Waals surface area contributed by atoms with Crippen molar-refractivity contribution in [3.8, 4) is 5.69 Å². The van der Waals surface area contributed by atoms with Gasteiger partial charge in [0.2, 0.25) is 0 Å². The predicted molar refractivity (Wildman–Crippen MR) is 91.4 cm³/mol. The van der Waals surface area contributed by atoms with Crippen LogP contribution in [0, 0.1) is 0 Å². The van der Waals surface area contributed by atoms with Crippen LogP contribution < -0.4 is 5.73 Å². The summed E-state index contributed by atoms with van der Waals surface area (Å²) in [5.74, 6) is 0. The minimum absolute atomic E-state index is 0.0914. The first kappa shape index (κ1) is 13.2. The molecule has 2 N–H and O–H groups in total. The molecule has 22 heavy (non-hydrogen) atoms. The van der Waals surface area contributed by atoms with Gasteiger partial charge < -0.3 is 5.73 Å². The second-order valence-corrected chi connectivity index (χ2v) is 6.17. The average molecular weight is 305 g/mol. The van der Waals surface area contributed by atoms with Crippen molar-refractivity contribution in [3.05, 3.63) is 82.8 Å². The summed E-state index contributed by atoms with van der Waals surface area (Å²) in [6, 6.07) is 20.5. The highest BCUT2D eigenvalue weighted by molar-refractivity contribution is 7.10. The maximum Gasteiger partial charge on any atom is 0.100 e. The molecule has 2 heterocycles. The van der Waals surface area contributed by atoms with Crippen molar-refractivity contribution in [1.29, 1.82) is 0 Å². The minimum atomic E-state index is -0.0914. The van der Waals surface area contributed by atoms with Crippen molar-refractivity contribution < 1.29 is 0 Å². The van der Waals surface area contributed by atoms with Gasteiger partial charge in [-0.05, 0) is 41.3 Å². The molecule has 1 unspecified atom stereocenters. The Bertz CT molecular complexity index is 895. The third-order valence-electron chi connectivity index (χ3n) is 3.81. The highest BCUT2D eigenvalue weighted by atomic mass is 32.1. The van der Waals surface area contributed by atoms with Gasteiger partial charge in [0, 0.05) is 10.6 Å². The van der Waals surface area contributed by atoms with E-state index in [1.807, 2.05) is 30.6 Å². The average Bonchev–Trinajstić information content (AvgIpc) is 3.24. The largest absolute Gasteiger partial charge is 0.320 e. The van der Waals surface area contributed by atoms with Crippen molar-refractivity contribution in [2.75, 3.05) is 0 Å². The van der Waals surface area contributed by atoms with E-state index < -0.39 is 0 Å². The second-order valence-electron chi connectivity index (χ2n) is 5.19. The van der Waals surface area contributed by atoms with Crippen LogP contribution in [0.3, 0.4) is 0 Å². The molecule has 2 aromatic carbocycles. The van der Waals surface area contributed by atoms with Gasteiger partial charge in [0.05, 0.1) is 17.1 Å². The summed E-state index contributed by atoms with van der Waals surface area (Å²) in [7, 11) is 0. The number of imidazole rings is 1. The summed E-state index contributed by atoms with van der Waals surface area (Å²) < 4.78 is 2.09. The van der Waals surface area contributed by atoms with Crippen LogP contribution in [0.5, 0.6) is 0 Å². The summed E-state index contributed by atoms with van der Waals surface area (Å²) in [5.41, 5.74) is 10.6. The lowest BCUT2D eigenvalue weighted by Gasteiger charge is -2.10. The predicted octanol–water partition coefficient (Wildman–Crippen LogP) is 4.14. The molecule has 0 aliphatic rings. The molecule has 0 bridgehead atoms. The van der Waals surface area contributed by atoms with Gasteiger partial charge in [-0.2, -0.15) is 0 Å². The Hall–Kier alpha value is -2.43. The summed E-state index contributed by atoms with van der Waals surface area (Å²) in [5, 5.41) is 2.05. The van der Waals surface area contributed by atoms with Gasteiger partial charge in [-0.3, -0.25) is 4.57 Å². The number of benzene rings is 2. The number of para-hydroxylation sites is 1. The number of rotatable bonds is 3. The molecule has 108 valence electrons. The van der Waals surface area contributed by atoms with E-state index >= 15 is 0 Å². The molecule has 2 aromatic heterocycles. The Morgan fingerprint density at radius 1 is 1.00 bits per heavy atom. The number of aromatic nitrogens is 2. The lowest BCUT2D eigenvalue weighted by Crippen LogP contribution is -2.09. The summed E-state index contributed by atoms with van der Waals surface area (Å²) in [4.78, 5) is 5.70. The van der Waals surface area contributed by atoms with E-state index in [1.54, 1.807) is 11.3 Å². The molecule has 0 radical (unpaired) electrons. The molecule has 0 spiro atoms. The molecule has 0 aliphatic carbocycles. The van der Waals surface area contributed by atoms with Crippen LogP contribution in [0.25, 0.3) is 16.7 Å². The molecule has 0 saturated carbocycles. The van der Waals surface area contributed by atoms with Gasteiger partial charge in [-0.25, -0.2) is 4.98 Å². The zero-order chi connectivity index (χ0) is 14.9. The van der Waals surface area contributed by atoms with Gasteiger partial charge in [-0.15, -0.1) is 11.3 Å². The van der Waals surface area contributed by atoms with Crippen LogP contribution >= 0.6 is 11.3 Å². The lowest BCUT2D eigenvalue weighted by molar-refractivity contribution is 0.895. The van der Waals surface area contributed by atoms with E-state index in [0.29, 0.717) is 0 Å². The molecule has 0 amide bonds. The van der Waals surface area contributed by atoms with Gasteiger partial charge in [0.1, 0.15) is 6.33 Å². The van der Waals surface area contributed by atoms with Gasteiger partial charge >= 0.3 is 0 Å². The minimum Gasteiger partial charge on any atom is -0.320 e. The maximum absolute atomic E-state index is 6.35. The Morgan fingerprint density at radius 3 is 2.64 bits per heavy atom. The molecule has 0 aliphatic heterocycles. The Balaban J connectivity index is 1.77. The van der Waals surface area contributed by atoms with E-state index in [4.69, 9.17) is 5.73 Å². The van der Waals surface area contributed by atoms with E-state index in [-0.39, 0.29) is 6.04 Å². The number of hydrogen-bond acceptors (Lipinski definition) is 3. The smallest absolute Gasteiger partial charge is 0.100 e. The number of hydrogen-bond donors (Lipinski definition) is 1. The quantitative estimate of drug-likeness (QED) is 0.618.